The Hall–Kier alpha value is -1.25. The predicted octanol–water partition coefficient (Wildman–Crippen LogP) is 3.23. The molecule has 0 atom stereocenters. The molecule has 0 spiro atoms. The Morgan fingerprint density at radius 2 is 1.53 bits per heavy atom. The van der Waals surface area contributed by atoms with Crippen molar-refractivity contribution in [3.63, 3.8) is 0 Å². The van der Waals surface area contributed by atoms with E-state index in [9.17, 15) is 4.79 Å². The van der Waals surface area contributed by atoms with Gasteiger partial charge in [-0.25, -0.2) is 0 Å². The van der Waals surface area contributed by atoms with Crippen molar-refractivity contribution < 1.29 is 4.79 Å². The molecular weight excluding hydrogens is 236 g/mol. The lowest BCUT2D eigenvalue weighted by molar-refractivity contribution is -0.137. The zero-order valence-corrected chi connectivity index (χ0v) is 11.6. The molecule has 1 aromatic heterocycles. The van der Waals surface area contributed by atoms with E-state index in [-0.39, 0.29) is 0 Å². The Labute approximate surface area is 115 Å². The highest BCUT2D eigenvalue weighted by Crippen LogP contribution is 2.28. The summed E-state index contributed by atoms with van der Waals surface area (Å²) in [5, 5.41) is 0. The molecule has 3 heteroatoms. The van der Waals surface area contributed by atoms with Gasteiger partial charge in [0.25, 0.3) is 0 Å². The van der Waals surface area contributed by atoms with Gasteiger partial charge in [-0.05, 0) is 37.8 Å². The number of nitrogens with zero attached hydrogens (tertiary/aromatic N) is 2. The second-order valence-corrected chi connectivity index (χ2v) is 6.02. The lowest BCUT2D eigenvalue weighted by atomic mass is 9.87. The Kier molecular flexibility index (Phi) is 3.90. The fraction of sp³-hybridized carbons (Fsp3) is 0.688. The maximum Gasteiger partial charge on any atom is 0.225 e. The second-order valence-electron chi connectivity index (χ2n) is 6.02. The molecule has 0 unspecified atom stereocenters. The van der Waals surface area contributed by atoms with Gasteiger partial charge >= 0.3 is 0 Å². The van der Waals surface area contributed by atoms with Crippen molar-refractivity contribution >= 4 is 5.91 Å². The fourth-order valence-corrected chi connectivity index (χ4v) is 3.58. The molecule has 3 nitrogen and oxygen atoms in total. The number of aromatic nitrogens is 1. The van der Waals surface area contributed by atoms with E-state index in [2.05, 4.69) is 34.0 Å². The summed E-state index contributed by atoms with van der Waals surface area (Å²) in [5.74, 6) is 0.766. The van der Waals surface area contributed by atoms with E-state index < -0.39 is 0 Å². The summed E-state index contributed by atoms with van der Waals surface area (Å²) < 4.78 is 2.29. The number of hydrogen-bond donors (Lipinski definition) is 0. The van der Waals surface area contributed by atoms with Gasteiger partial charge in [-0.2, -0.15) is 0 Å². The molecule has 1 saturated carbocycles. The van der Waals surface area contributed by atoms with Crippen LogP contribution in [0.25, 0.3) is 0 Å². The van der Waals surface area contributed by atoms with Gasteiger partial charge < -0.3 is 9.47 Å². The van der Waals surface area contributed by atoms with Crippen LogP contribution in [-0.4, -0.2) is 28.5 Å². The molecule has 1 saturated heterocycles. The molecule has 104 valence electrons. The SMILES string of the molecule is O=C(C1CCCCC1)N1CCC(n2cccc2)CC1. The third-order valence-corrected chi connectivity index (χ3v) is 4.78. The summed E-state index contributed by atoms with van der Waals surface area (Å²) in [6.45, 7) is 1.89. The molecule has 1 aliphatic heterocycles. The monoisotopic (exact) mass is 260 g/mol. The van der Waals surface area contributed by atoms with Gasteiger partial charge in [0.2, 0.25) is 5.91 Å². The molecule has 3 rings (SSSR count). The largest absolute Gasteiger partial charge is 0.351 e. The van der Waals surface area contributed by atoms with Crippen LogP contribution in [0.15, 0.2) is 24.5 Å². The number of piperidine rings is 1. The normalized spacial score (nSPS) is 22.6. The summed E-state index contributed by atoms with van der Waals surface area (Å²) >= 11 is 0. The molecule has 0 aromatic carbocycles. The standard InChI is InChI=1S/C16H24N2O/c19-16(14-6-2-1-3-7-14)18-12-8-15(9-13-18)17-10-4-5-11-17/h4-5,10-11,14-15H,1-3,6-9,12-13H2. The summed E-state index contributed by atoms with van der Waals surface area (Å²) in [6.07, 6.45) is 12.5. The van der Waals surface area contributed by atoms with E-state index in [1.54, 1.807) is 0 Å². The van der Waals surface area contributed by atoms with Crippen LogP contribution in [0, 0.1) is 5.92 Å². The minimum atomic E-state index is 0.330. The van der Waals surface area contributed by atoms with Crippen molar-refractivity contribution in [1.29, 1.82) is 0 Å². The molecule has 1 aromatic rings. The van der Waals surface area contributed by atoms with Crippen LogP contribution < -0.4 is 0 Å². The van der Waals surface area contributed by atoms with E-state index in [1.807, 2.05) is 0 Å². The molecule has 2 heterocycles. The number of hydrogen-bond acceptors (Lipinski definition) is 1. The second kappa shape index (κ2) is 5.81. The fourth-order valence-electron chi connectivity index (χ4n) is 3.58. The summed E-state index contributed by atoms with van der Waals surface area (Å²) in [4.78, 5) is 14.6. The van der Waals surface area contributed by atoms with Crippen LogP contribution >= 0.6 is 0 Å². The van der Waals surface area contributed by atoms with Crippen molar-refractivity contribution in [1.82, 2.24) is 9.47 Å². The van der Waals surface area contributed by atoms with Crippen molar-refractivity contribution in [2.45, 2.75) is 51.0 Å². The highest BCUT2D eigenvalue weighted by atomic mass is 16.2. The first-order chi connectivity index (χ1) is 9.34. The predicted molar refractivity (Wildman–Crippen MR) is 75.9 cm³/mol. The zero-order chi connectivity index (χ0) is 13.1. The maximum absolute atomic E-state index is 12.5. The first-order valence-electron chi connectivity index (χ1n) is 7.76. The first-order valence-corrected chi connectivity index (χ1v) is 7.76. The number of rotatable bonds is 2. The van der Waals surface area contributed by atoms with Crippen LogP contribution in [0.3, 0.4) is 0 Å². The molecular formula is C16H24N2O. The highest BCUT2D eigenvalue weighted by Gasteiger charge is 2.29. The molecule has 1 amide bonds. The van der Waals surface area contributed by atoms with E-state index in [1.165, 1.54) is 19.3 Å². The Morgan fingerprint density at radius 3 is 2.16 bits per heavy atom. The van der Waals surface area contributed by atoms with Crippen LogP contribution in [0.5, 0.6) is 0 Å². The van der Waals surface area contributed by atoms with Crippen molar-refractivity contribution in [2.75, 3.05) is 13.1 Å². The average Bonchev–Trinajstić information content (AvgIpc) is 3.02. The van der Waals surface area contributed by atoms with Crippen LogP contribution in [0.2, 0.25) is 0 Å². The first kappa shape index (κ1) is 12.8. The summed E-state index contributed by atoms with van der Waals surface area (Å²) in [6, 6.07) is 4.75. The van der Waals surface area contributed by atoms with E-state index in [4.69, 9.17) is 0 Å². The molecule has 2 aliphatic rings. The maximum atomic E-state index is 12.5. The average molecular weight is 260 g/mol. The van der Waals surface area contributed by atoms with Crippen molar-refractivity contribution in [2.24, 2.45) is 5.92 Å². The van der Waals surface area contributed by atoms with Gasteiger partial charge in [0.1, 0.15) is 0 Å². The van der Waals surface area contributed by atoms with Gasteiger partial charge in [0.05, 0.1) is 0 Å². The number of carbonyl (C=O) groups is 1. The number of likely N-dealkylation sites (tertiary alicyclic amines) is 1. The minimum absolute atomic E-state index is 0.330. The molecule has 0 N–H and O–H groups in total. The van der Waals surface area contributed by atoms with Gasteiger partial charge in [-0.15, -0.1) is 0 Å². The van der Waals surface area contributed by atoms with Gasteiger partial charge in [0.15, 0.2) is 0 Å². The topological polar surface area (TPSA) is 25.2 Å². The lowest BCUT2D eigenvalue weighted by Crippen LogP contribution is -2.42. The molecule has 0 bridgehead atoms. The van der Waals surface area contributed by atoms with E-state index in [0.717, 1.165) is 38.8 Å². The van der Waals surface area contributed by atoms with E-state index >= 15 is 0 Å². The third-order valence-electron chi connectivity index (χ3n) is 4.78. The zero-order valence-electron chi connectivity index (χ0n) is 11.6. The summed E-state index contributed by atoms with van der Waals surface area (Å²) in [5.41, 5.74) is 0. The quantitative estimate of drug-likeness (QED) is 0.801. The molecule has 2 fully saturated rings. The smallest absolute Gasteiger partial charge is 0.225 e. The van der Waals surface area contributed by atoms with Crippen LogP contribution in [0.1, 0.15) is 51.0 Å². The minimum Gasteiger partial charge on any atom is -0.351 e. The van der Waals surface area contributed by atoms with Gasteiger partial charge in [-0.3, -0.25) is 4.79 Å². The third kappa shape index (κ3) is 2.85. The van der Waals surface area contributed by atoms with Crippen molar-refractivity contribution in [3.05, 3.63) is 24.5 Å². The highest BCUT2D eigenvalue weighted by molar-refractivity contribution is 5.79. The molecule has 0 radical (unpaired) electrons. The Bertz CT molecular complexity index is 398. The van der Waals surface area contributed by atoms with Gasteiger partial charge in [-0.1, -0.05) is 19.3 Å². The van der Waals surface area contributed by atoms with E-state index in [0.29, 0.717) is 17.9 Å². The Balaban J connectivity index is 1.53. The Morgan fingerprint density at radius 1 is 0.895 bits per heavy atom. The number of amides is 1. The molecule has 1 aliphatic carbocycles. The van der Waals surface area contributed by atoms with Crippen LogP contribution in [-0.2, 0) is 4.79 Å². The summed E-state index contributed by atoms with van der Waals surface area (Å²) in [7, 11) is 0. The lowest BCUT2D eigenvalue weighted by Gasteiger charge is -2.35. The number of carbonyl (C=O) groups excluding carboxylic acids is 1. The van der Waals surface area contributed by atoms with Crippen molar-refractivity contribution in [3.8, 4) is 0 Å². The van der Waals surface area contributed by atoms with Gasteiger partial charge in [0, 0.05) is 37.4 Å². The van der Waals surface area contributed by atoms with Crippen LogP contribution in [0.4, 0.5) is 0 Å². The molecule has 19 heavy (non-hydrogen) atoms.